The van der Waals surface area contributed by atoms with Gasteiger partial charge in [-0.3, -0.25) is 24.4 Å². The number of nitrogens with zero attached hydrogens (tertiary/aromatic N) is 4. The number of aliphatic imine (C=N–C) groups is 2. The van der Waals surface area contributed by atoms with E-state index in [-0.39, 0.29) is 24.8 Å². The summed E-state index contributed by atoms with van der Waals surface area (Å²) in [5, 5.41) is 0. The first kappa shape index (κ1) is 29.5. The quantitative estimate of drug-likeness (QED) is 0.460. The van der Waals surface area contributed by atoms with Crippen molar-refractivity contribution < 1.29 is 18.6 Å². The molecule has 0 aromatic heterocycles. The molecule has 0 saturated carbocycles. The van der Waals surface area contributed by atoms with Gasteiger partial charge in [-0.25, -0.2) is 4.21 Å². The molecule has 0 aromatic rings. The van der Waals surface area contributed by atoms with Gasteiger partial charge in [0, 0.05) is 25.0 Å². The molecule has 0 fully saturated rings. The average molecular weight is 437 g/mol. The minimum atomic E-state index is -1.31. The summed E-state index contributed by atoms with van der Waals surface area (Å²) < 4.78 is 17.7. The molecule has 0 saturated heterocycles. The van der Waals surface area contributed by atoms with Gasteiger partial charge in [-0.2, -0.15) is 8.80 Å². The summed E-state index contributed by atoms with van der Waals surface area (Å²) >= 11 is -1.31. The van der Waals surface area contributed by atoms with Crippen LogP contribution < -0.4 is 0 Å². The molecule has 3 rings (SSSR count). The molecule has 3 aliphatic rings. The Morgan fingerprint density at radius 3 is 1.27 bits per heavy atom. The van der Waals surface area contributed by atoms with Crippen LogP contribution in [0.4, 0.5) is 0 Å². The van der Waals surface area contributed by atoms with Crippen LogP contribution in [0.5, 0.6) is 0 Å². The van der Waals surface area contributed by atoms with E-state index in [1.165, 1.54) is 13.8 Å². The lowest BCUT2D eigenvalue weighted by atomic mass is 9.85. The van der Waals surface area contributed by atoms with Gasteiger partial charge in [0.25, 0.3) is 11.2 Å². The molecule has 0 N–H and O–H groups in total. The topological polar surface area (TPSA) is 118 Å². The lowest BCUT2D eigenvalue weighted by Gasteiger charge is -2.17. The number of allylic oxidation sites excluding steroid dienone is 3. The van der Waals surface area contributed by atoms with Gasteiger partial charge in [0.05, 0.1) is 22.8 Å². The molecule has 0 atom stereocenters. The monoisotopic (exact) mass is 436 g/mol. The molecular formula is C21H32N4O4S. The molecule has 0 unspecified atom stereocenters. The maximum atomic E-state index is 10.6. The lowest BCUT2D eigenvalue weighted by molar-refractivity contribution is -0.134. The van der Waals surface area contributed by atoms with E-state index in [0.717, 1.165) is 34.0 Å². The molecule has 2 aliphatic heterocycles. The number of rotatable bonds is 1. The smallest absolute Gasteiger partial charge is 0.266 e. The van der Waals surface area contributed by atoms with Gasteiger partial charge in [-0.1, -0.05) is 14.0 Å². The van der Waals surface area contributed by atoms with Crippen molar-refractivity contribution in [2.45, 2.75) is 62.8 Å². The van der Waals surface area contributed by atoms with E-state index >= 15 is 0 Å². The van der Waals surface area contributed by atoms with E-state index in [1.54, 1.807) is 13.8 Å². The SMILES string of the molecule is C.C=C1C(=O)C(C)=C1C.CC(=O)C(C)=O.CC1=NCN=C1C.CC1=NS(=O)N=C1C. The first-order valence-electron chi connectivity index (χ1n) is 8.77. The Hall–Kier alpha value is -2.68. The minimum Gasteiger partial charge on any atom is -0.291 e. The molecule has 0 aromatic carbocycles. The first-order valence-corrected chi connectivity index (χ1v) is 9.84. The molecule has 9 heteroatoms. The van der Waals surface area contributed by atoms with Gasteiger partial charge in [0.1, 0.15) is 6.67 Å². The van der Waals surface area contributed by atoms with Crippen molar-refractivity contribution in [1.82, 2.24) is 0 Å². The number of Topliss-reactive ketones (excluding diaryl/α,β-unsaturated/α-hetero) is 3. The summed E-state index contributed by atoms with van der Waals surface area (Å²) in [6, 6.07) is 0. The van der Waals surface area contributed by atoms with Crippen LogP contribution in [0, 0.1) is 0 Å². The second-order valence-electron chi connectivity index (χ2n) is 6.38. The van der Waals surface area contributed by atoms with Crippen molar-refractivity contribution in [2.24, 2.45) is 18.8 Å². The number of hydrogen-bond donors (Lipinski definition) is 0. The molecule has 0 bridgehead atoms. The maximum absolute atomic E-state index is 10.6. The van der Waals surface area contributed by atoms with E-state index in [4.69, 9.17) is 0 Å². The van der Waals surface area contributed by atoms with Gasteiger partial charge in [-0.15, -0.1) is 0 Å². The van der Waals surface area contributed by atoms with Gasteiger partial charge in [0.2, 0.25) is 0 Å². The number of hydrogen-bond acceptors (Lipinski definition) is 6. The van der Waals surface area contributed by atoms with Crippen LogP contribution in [-0.2, 0) is 25.6 Å². The summed E-state index contributed by atoms with van der Waals surface area (Å²) in [7, 11) is 0. The molecule has 1 aliphatic carbocycles. The van der Waals surface area contributed by atoms with E-state index in [1.807, 2.05) is 27.7 Å². The Kier molecular flexibility index (Phi) is 13.3. The van der Waals surface area contributed by atoms with Crippen molar-refractivity contribution in [1.29, 1.82) is 0 Å². The lowest BCUT2D eigenvalue weighted by Crippen LogP contribution is -2.16. The Morgan fingerprint density at radius 2 is 1.17 bits per heavy atom. The zero-order chi connectivity index (χ0) is 22.9. The Bertz CT molecular complexity index is 836. The van der Waals surface area contributed by atoms with Crippen molar-refractivity contribution in [3.05, 3.63) is 23.3 Å². The third-order valence-electron chi connectivity index (χ3n) is 4.22. The van der Waals surface area contributed by atoms with Gasteiger partial charge in [0.15, 0.2) is 17.3 Å². The van der Waals surface area contributed by atoms with Crippen molar-refractivity contribution in [3.63, 3.8) is 0 Å². The highest BCUT2D eigenvalue weighted by atomic mass is 32.2. The number of carbonyl (C=O) groups excluding carboxylic acids is 3. The Morgan fingerprint density at radius 1 is 0.800 bits per heavy atom. The molecular weight excluding hydrogens is 404 g/mol. The molecule has 0 radical (unpaired) electrons. The standard InChI is InChI=1S/C7H8O.C5H8N2.C4H6N2OS.C4H6O2.CH4/c1-4-5(2)7(8)6(4)3;1-4-5(2)7-3-6-4;1-3-4(2)6-8(7)5-3;1-3(5)4(2)6;/h2H2,1,3H3;3H2,1-2H3;1-2H3;1-2H3;1H4. The highest BCUT2D eigenvalue weighted by Crippen LogP contribution is 2.26. The van der Waals surface area contributed by atoms with Crippen LogP contribution in [0.2, 0.25) is 0 Å². The highest BCUT2D eigenvalue weighted by molar-refractivity contribution is 7.83. The second-order valence-corrected chi connectivity index (χ2v) is 7.21. The van der Waals surface area contributed by atoms with E-state index in [9.17, 15) is 18.6 Å². The summed E-state index contributed by atoms with van der Waals surface area (Å²) in [6.07, 6.45) is 0. The fourth-order valence-corrected chi connectivity index (χ4v) is 2.37. The zero-order valence-corrected chi connectivity index (χ0v) is 19.1. The maximum Gasteiger partial charge on any atom is 0.266 e. The van der Waals surface area contributed by atoms with Gasteiger partial charge in [-0.05, 0) is 47.1 Å². The van der Waals surface area contributed by atoms with Crippen LogP contribution in [0.3, 0.4) is 0 Å². The van der Waals surface area contributed by atoms with Crippen LogP contribution in [0.25, 0.3) is 0 Å². The van der Waals surface area contributed by atoms with Crippen LogP contribution >= 0.6 is 0 Å². The second kappa shape index (κ2) is 13.5. The fraction of sp³-hybridized carbons (Fsp3) is 0.476. The molecule has 30 heavy (non-hydrogen) atoms. The van der Waals surface area contributed by atoms with Gasteiger partial charge >= 0.3 is 0 Å². The van der Waals surface area contributed by atoms with Crippen molar-refractivity contribution in [3.8, 4) is 0 Å². The third kappa shape index (κ3) is 9.69. The number of carbonyl (C=O) groups is 3. The van der Waals surface area contributed by atoms with Crippen molar-refractivity contribution in [2.75, 3.05) is 6.67 Å². The first-order chi connectivity index (χ1) is 13.3. The summed E-state index contributed by atoms with van der Waals surface area (Å²) in [4.78, 5) is 38.3. The largest absolute Gasteiger partial charge is 0.291 e. The van der Waals surface area contributed by atoms with E-state index in [2.05, 4.69) is 25.4 Å². The molecule has 166 valence electrons. The normalized spacial score (nSPS) is 16.7. The van der Waals surface area contributed by atoms with E-state index < -0.39 is 11.2 Å². The van der Waals surface area contributed by atoms with Crippen LogP contribution in [-0.4, -0.2) is 51.1 Å². The minimum absolute atomic E-state index is 0. The third-order valence-corrected chi connectivity index (χ3v) is 5.08. The fourth-order valence-electron chi connectivity index (χ4n) is 1.59. The molecule has 2 heterocycles. The summed E-state index contributed by atoms with van der Waals surface area (Å²) in [5.74, 6) is -0.632. The number of ketones is 3. The Balaban J connectivity index is 0. The zero-order valence-electron chi connectivity index (χ0n) is 18.2. The predicted molar refractivity (Wildman–Crippen MR) is 126 cm³/mol. The molecule has 0 amide bonds. The van der Waals surface area contributed by atoms with E-state index in [0.29, 0.717) is 12.2 Å². The summed E-state index contributed by atoms with van der Waals surface area (Å²) in [6.45, 7) is 18.0. The van der Waals surface area contributed by atoms with Crippen LogP contribution in [0.15, 0.2) is 42.1 Å². The summed E-state index contributed by atoms with van der Waals surface area (Å²) in [5.41, 5.74) is 6.35. The average Bonchev–Trinajstić information content (AvgIpc) is 3.17. The highest BCUT2D eigenvalue weighted by Gasteiger charge is 2.23. The predicted octanol–water partition coefficient (Wildman–Crippen LogP) is 3.64. The van der Waals surface area contributed by atoms with Crippen molar-refractivity contribution >= 4 is 51.4 Å². The molecule has 0 spiro atoms. The molecule has 8 nitrogen and oxygen atoms in total. The van der Waals surface area contributed by atoms with Crippen LogP contribution in [0.1, 0.15) is 62.8 Å². The van der Waals surface area contributed by atoms with Gasteiger partial charge < -0.3 is 0 Å². The Labute approximate surface area is 181 Å².